The van der Waals surface area contributed by atoms with E-state index in [1.54, 1.807) is 7.11 Å². The second kappa shape index (κ2) is 6.62. The van der Waals surface area contributed by atoms with Crippen molar-refractivity contribution in [1.29, 1.82) is 0 Å². The number of hydrogen-bond donors (Lipinski definition) is 1. The molecule has 0 spiro atoms. The topological polar surface area (TPSA) is 21.3 Å². The van der Waals surface area contributed by atoms with Gasteiger partial charge in [0.1, 0.15) is 0 Å². The van der Waals surface area contributed by atoms with E-state index in [1.807, 2.05) is 7.05 Å². The Morgan fingerprint density at radius 3 is 2.36 bits per heavy atom. The van der Waals surface area contributed by atoms with Crippen molar-refractivity contribution in [3.05, 3.63) is 0 Å². The molecule has 0 aliphatic rings. The van der Waals surface area contributed by atoms with Gasteiger partial charge in [-0.2, -0.15) is 0 Å². The third kappa shape index (κ3) is 5.22. The Morgan fingerprint density at radius 2 is 2.00 bits per heavy atom. The Balaban J connectivity index is 3.51. The first kappa shape index (κ1) is 10.9. The summed E-state index contributed by atoms with van der Waals surface area (Å²) < 4.78 is 5.04. The average molecular weight is 159 g/mol. The summed E-state index contributed by atoms with van der Waals surface area (Å²) in [7, 11) is 3.76. The van der Waals surface area contributed by atoms with Crippen LogP contribution in [0.3, 0.4) is 0 Å². The molecule has 1 N–H and O–H groups in total. The minimum absolute atomic E-state index is 0.748. The molecule has 0 saturated heterocycles. The molecule has 11 heavy (non-hydrogen) atoms. The molecular formula is C9H21NO. The fourth-order valence-corrected chi connectivity index (χ4v) is 1.20. The maximum Gasteiger partial charge on any atom is 0.0465 e. The van der Waals surface area contributed by atoms with E-state index >= 15 is 0 Å². The number of ether oxygens (including phenoxy) is 1. The lowest BCUT2D eigenvalue weighted by molar-refractivity contribution is 0.165. The zero-order valence-corrected chi connectivity index (χ0v) is 8.18. The second-order valence-corrected chi connectivity index (χ2v) is 3.34. The Labute approximate surface area is 70.3 Å². The van der Waals surface area contributed by atoms with E-state index in [2.05, 4.69) is 19.2 Å². The van der Waals surface area contributed by atoms with Crippen molar-refractivity contribution < 1.29 is 4.74 Å². The highest BCUT2D eigenvalue weighted by atomic mass is 16.5. The van der Waals surface area contributed by atoms with E-state index in [4.69, 9.17) is 4.74 Å². The molecule has 0 amide bonds. The SMILES string of the molecule is CNCC(CCOC)C(C)C. The van der Waals surface area contributed by atoms with Gasteiger partial charge in [-0.1, -0.05) is 13.8 Å². The Bertz CT molecular complexity index is 83.6. The van der Waals surface area contributed by atoms with Gasteiger partial charge in [0, 0.05) is 13.7 Å². The molecule has 0 aromatic heterocycles. The van der Waals surface area contributed by atoms with Crippen molar-refractivity contribution in [2.24, 2.45) is 11.8 Å². The largest absolute Gasteiger partial charge is 0.385 e. The maximum absolute atomic E-state index is 5.04. The van der Waals surface area contributed by atoms with Crippen LogP contribution in [0.15, 0.2) is 0 Å². The van der Waals surface area contributed by atoms with Gasteiger partial charge >= 0.3 is 0 Å². The van der Waals surface area contributed by atoms with Crippen molar-refractivity contribution in [1.82, 2.24) is 5.32 Å². The third-order valence-electron chi connectivity index (χ3n) is 2.10. The van der Waals surface area contributed by atoms with Crippen LogP contribution in [0, 0.1) is 11.8 Å². The molecular weight excluding hydrogens is 138 g/mol. The monoisotopic (exact) mass is 159 g/mol. The number of hydrogen-bond acceptors (Lipinski definition) is 2. The summed E-state index contributed by atoms with van der Waals surface area (Å²) >= 11 is 0. The summed E-state index contributed by atoms with van der Waals surface area (Å²) in [6.45, 7) is 6.50. The van der Waals surface area contributed by atoms with Crippen LogP contribution in [0.1, 0.15) is 20.3 Å². The van der Waals surface area contributed by atoms with Crippen molar-refractivity contribution in [2.45, 2.75) is 20.3 Å². The van der Waals surface area contributed by atoms with Gasteiger partial charge in [-0.05, 0) is 31.8 Å². The van der Waals surface area contributed by atoms with Gasteiger partial charge in [-0.3, -0.25) is 0 Å². The molecule has 0 aliphatic carbocycles. The molecule has 1 unspecified atom stereocenters. The molecule has 0 fully saturated rings. The fraction of sp³-hybridized carbons (Fsp3) is 1.00. The normalized spacial score (nSPS) is 13.9. The number of rotatable bonds is 6. The first-order valence-corrected chi connectivity index (χ1v) is 4.36. The average Bonchev–Trinajstić information content (AvgIpc) is 1.97. The van der Waals surface area contributed by atoms with E-state index in [9.17, 15) is 0 Å². The smallest absolute Gasteiger partial charge is 0.0465 e. The van der Waals surface area contributed by atoms with Crippen LogP contribution in [0.25, 0.3) is 0 Å². The molecule has 0 aromatic rings. The van der Waals surface area contributed by atoms with Crippen molar-refractivity contribution >= 4 is 0 Å². The molecule has 0 heterocycles. The van der Waals surface area contributed by atoms with Crippen molar-refractivity contribution in [3.63, 3.8) is 0 Å². The summed E-state index contributed by atoms with van der Waals surface area (Å²) in [6.07, 6.45) is 1.16. The molecule has 0 saturated carbocycles. The van der Waals surface area contributed by atoms with E-state index in [-0.39, 0.29) is 0 Å². The van der Waals surface area contributed by atoms with Crippen molar-refractivity contribution in [3.8, 4) is 0 Å². The molecule has 0 aliphatic heterocycles. The predicted molar refractivity (Wildman–Crippen MR) is 48.7 cm³/mol. The maximum atomic E-state index is 5.04. The molecule has 68 valence electrons. The second-order valence-electron chi connectivity index (χ2n) is 3.34. The molecule has 2 heteroatoms. The summed E-state index contributed by atoms with van der Waals surface area (Å²) in [5.41, 5.74) is 0. The van der Waals surface area contributed by atoms with Crippen LogP contribution >= 0.6 is 0 Å². The van der Waals surface area contributed by atoms with Gasteiger partial charge in [0.2, 0.25) is 0 Å². The summed E-state index contributed by atoms with van der Waals surface area (Å²) in [4.78, 5) is 0. The highest BCUT2D eigenvalue weighted by molar-refractivity contribution is 4.64. The standard InChI is InChI=1S/C9H21NO/c1-8(2)9(7-10-3)5-6-11-4/h8-10H,5-7H2,1-4H3. The molecule has 0 rings (SSSR count). The van der Waals surface area contributed by atoms with Gasteiger partial charge in [0.15, 0.2) is 0 Å². The highest BCUT2D eigenvalue weighted by Crippen LogP contribution is 2.13. The van der Waals surface area contributed by atoms with Gasteiger partial charge < -0.3 is 10.1 Å². The predicted octanol–water partition coefficient (Wildman–Crippen LogP) is 1.51. The molecule has 0 aromatic carbocycles. The summed E-state index contributed by atoms with van der Waals surface area (Å²) in [5, 5.41) is 3.20. The minimum Gasteiger partial charge on any atom is -0.385 e. The van der Waals surface area contributed by atoms with Gasteiger partial charge in [-0.25, -0.2) is 0 Å². The molecule has 0 bridgehead atoms. The molecule has 0 radical (unpaired) electrons. The van der Waals surface area contributed by atoms with Crippen LogP contribution < -0.4 is 5.32 Å². The van der Waals surface area contributed by atoms with E-state index in [0.717, 1.165) is 31.4 Å². The van der Waals surface area contributed by atoms with Crippen LogP contribution in [-0.2, 0) is 4.74 Å². The molecule has 2 nitrogen and oxygen atoms in total. The lowest BCUT2D eigenvalue weighted by atomic mass is 9.93. The van der Waals surface area contributed by atoms with Crippen LogP contribution in [0.4, 0.5) is 0 Å². The first-order chi connectivity index (χ1) is 5.22. The van der Waals surface area contributed by atoms with Crippen molar-refractivity contribution in [2.75, 3.05) is 27.3 Å². The fourth-order valence-electron chi connectivity index (χ4n) is 1.20. The summed E-state index contributed by atoms with van der Waals surface area (Å²) in [5.74, 6) is 1.50. The Morgan fingerprint density at radius 1 is 1.36 bits per heavy atom. The zero-order valence-electron chi connectivity index (χ0n) is 8.18. The third-order valence-corrected chi connectivity index (χ3v) is 2.10. The van der Waals surface area contributed by atoms with Crippen LogP contribution in [-0.4, -0.2) is 27.3 Å². The number of methoxy groups -OCH3 is 1. The van der Waals surface area contributed by atoms with E-state index in [0.29, 0.717) is 0 Å². The zero-order chi connectivity index (χ0) is 8.69. The first-order valence-electron chi connectivity index (χ1n) is 4.36. The minimum atomic E-state index is 0.748. The summed E-state index contributed by atoms with van der Waals surface area (Å²) in [6, 6.07) is 0. The lowest BCUT2D eigenvalue weighted by Gasteiger charge is -2.19. The molecule has 1 atom stereocenters. The van der Waals surface area contributed by atoms with Gasteiger partial charge in [0.25, 0.3) is 0 Å². The Hall–Kier alpha value is -0.0800. The van der Waals surface area contributed by atoms with Gasteiger partial charge in [-0.15, -0.1) is 0 Å². The van der Waals surface area contributed by atoms with E-state index < -0.39 is 0 Å². The number of nitrogens with one attached hydrogen (secondary N) is 1. The lowest BCUT2D eigenvalue weighted by Crippen LogP contribution is -2.24. The van der Waals surface area contributed by atoms with Crippen LogP contribution in [0.2, 0.25) is 0 Å². The van der Waals surface area contributed by atoms with Crippen LogP contribution in [0.5, 0.6) is 0 Å². The van der Waals surface area contributed by atoms with E-state index in [1.165, 1.54) is 0 Å². The highest BCUT2D eigenvalue weighted by Gasteiger charge is 2.11. The van der Waals surface area contributed by atoms with Gasteiger partial charge in [0.05, 0.1) is 0 Å². The quantitative estimate of drug-likeness (QED) is 0.634. The Kier molecular flexibility index (Phi) is 6.57.